The van der Waals surface area contributed by atoms with Gasteiger partial charge in [0, 0.05) is 18.5 Å². The number of carboxylic acids is 1. The molecule has 102 valence electrons. The van der Waals surface area contributed by atoms with E-state index < -0.39 is 5.97 Å². The van der Waals surface area contributed by atoms with Crippen LogP contribution in [0.3, 0.4) is 0 Å². The van der Waals surface area contributed by atoms with Crippen LogP contribution in [0.4, 0.5) is 0 Å². The van der Waals surface area contributed by atoms with Crippen LogP contribution in [-0.2, 0) is 16.0 Å². The van der Waals surface area contributed by atoms with Crippen molar-refractivity contribution in [1.82, 2.24) is 5.32 Å². The van der Waals surface area contributed by atoms with Crippen LogP contribution < -0.4 is 5.32 Å². The van der Waals surface area contributed by atoms with Gasteiger partial charge in [-0.3, -0.25) is 9.59 Å². The summed E-state index contributed by atoms with van der Waals surface area (Å²) in [5, 5.41) is 11.8. The van der Waals surface area contributed by atoms with Crippen molar-refractivity contribution in [3.63, 3.8) is 0 Å². The molecule has 0 aliphatic heterocycles. The molecule has 1 aromatic carbocycles. The first-order valence-corrected chi connectivity index (χ1v) is 6.28. The second kappa shape index (κ2) is 7.59. The third-order valence-electron chi connectivity index (χ3n) is 2.41. The smallest absolute Gasteiger partial charge is 0.307 e. The summed E-state index contributed by atoms with van der Waals surface area (Å²) < 4.78 is 0. The number of halogens is 1. The predicted molar refractivity (Wildman–Crippen MR) is 75.1 cm³/mol. The predicted octanol–water partition coefficient (Wildman–Crippen LogP) is 2.51. The van der Waals surface area contributed by atoms with Crippen molar-refractivity contribution in [1.29, 1.82) is 0 Å². The van der Waals surface area contributed by atoms with Crippen LogP contribution in [0.5, 0.6) is 0 Å². The second-order valence-corrected chi connectivity index (χ2v) is 4.50. The monoisotopic (exact) mass is 281 g/mol. The van der Waals surface area contributed by atoms with Crippen molar-refractivity contribution < 1.29 is 14.7 Å². The highest BCUT2D eigenvalue weighted by atomic mass is 35.5. The van der Waals surface area contributed by atoms with E-state index in [0.717, 1.165) is 12.0 Å². The quantitative estimate of drug-likeness (QED) is 0.788. The summed E-state index contributed by atoms with van der Waals surface area (Å²) in [7, 11) is 0. The van der Waals surface area contributed by atoms with Gasteiger partial charge in [0.2, 0.25) is 5.91 Å². The molecule has 1 aromatic rings. The molecule has 0 spiro atoms. The zero-order valence-corrected chi connectivity index (χ0v) is 11.4. The van der Waals surface area contributed by atoms with Crippen molar-refractivity contribution in [2.45, 2.75) is 19.8 Å². The Labute approximate surface area is 117 Å². The fourth-order valence-electron chi connectivity index (χ4n) is 1.52. The number of benzene rings is 1. The lowest BCUT2D eigenvalue weighted by molar-refractivity contribution is -0.136. The van der Waals surface area contributed by atoms with Crippen LogP contribution >= 0.6 is 11.6 Å². The summed E-state index contributed by atoms with van der Waals surface area (Å²) in [4.78, 5) is 21.2. The van der Waals surface area contributed by atoms with Gasteiger partial charge >= 0.3 is 5.97 Å². The minimum Gasteiger partial charge on any atom is -0.481 e. The van der Waals surface area contributed by atoms with Crippen LogP contribution in [0.1, 0.15) is 24.5 Å². The number of carbonyl (C=O) groups is 2. The van der Waals surface area contributed by atoms with E-state index in [0.29, 0.717) is 17.1 Å². The van der Waals surface area contributed by atoms with E-state index >= 15 is 0 Å². The summed E-state index contributed by atoms with van der Waals surface area (Å²) in [6, 6.07) is 5.26. The van der Waals surface area contributed by atoms with E-state index in [1.165, 1.54) is 6.92 Å². The lowest BCUT2D eigenvalue weighted by Gasteiger charge is -2.02. The van der Waals surface area contributed by atoms with Gasteiger partial charge in [0.05, 0.1) is 6.42 Å². The molecular weight excluding hydrogens is 266 g/mol. The molecule has 0 aliphatic rings. The molecule has 4 nitrogen and oxygen atoms in total. The number of carboxylic acid groups (broad SMARTS) is 1. The molecule has 1 amide bonds. The number of rotatable bonds is 6. The number of carbonyl (C=O) groups excluding carboxylic acids is 1. The third-order valence-corrected chi connectivity index (χ3v) is 2.77. The zero-order valence-electron chi connectivity index (χ0n) is 10.6. The molecule has 0 fully saturated rings. The zero-order chi connectivity index (χ0) is 14.3. The molecule has 19 heavy (non-hydrogen) atoms. The molecule has 0 saturated heterocycles. The van der Waals surface area contributed by atoms with Gasteiger partial charge in [-0.15, -0.1) is 0 Å². The van der Waals surface area contributed by atoms with Crippen LogP contribution in [0.25, 0.3) is 6.08 Å². The molecule has 2 N–H and O–H groups in total. The molecule has 0 aliphatic carbocycles. The van der Waals surface area contributed by atoms with Gasteiger partial charge in [0.1, 0.15) is 0 Å². The second-order valence-electron chi connectivity index (χ2n) is 4.10. The average molecular weight is 282 g/mol. The first-order valence-electron chi connectivity index (χ1n) is 5.90. The Hall–Kier alpha value is -1.81. The molecule has 0 bridgehead atoms. The van der Waals surface area contributed by atoms with Crippen LogP contribution in [0, 0.1) is 0 Å². The maximum absolute atomic E-state index is 10.6. The fraction of sp³-hybridized carbons (Fsp3) is 0.286. The molecule has 0 unspecified atom stereocenters. The van der Waals surface area contributed by atoms with E-state index in [9.17, 15) is 9.59 Å². The normalized spacial score (nSPS) is 10.6. The largest absolute Gasteiger partial charge is 0.481 e. The minimum absolute atomic E-state index is 0.0468. The summed E-state index contributed by atoms with van der Waals surface area (Å²) >= 11 is 6.00. The highest BCUT2D eigenvalue weighted by molar-refractivity contribution is 6.31. The lowest BCUT2D eigenvalue weighted by Crippen LogP contribution is -2.20. The highest BCUT2D eigenvalue weighted by Gasteiger charge is 2.05. The molecule has 0 aromatic heterocycles. The van der Waals surface area contributed by atoms with Crippen molar-refractivity contribution >= 4 is 29.6 Å². The maximum atomic E-state index is 10.6. The molecule has 5 heteroatoms. The molecule has 0 radical (unpaired) electrons. The highest BCUT2D eigenvalue weighted by Crippen LogP contribution is 2.19. The molecule has 0 atom stereocenters. The molecular formula is C14H16ClNO3. The number of hydrogen-bond acceptors (Lipinski definition) is 2. The van der Waals surface area contributed by atoms with E-state index in [2.05, 4.69) is 5.32 Å². The minimum atomic E-state index is -0.902. The van der Waals surface area contributed by atoms with Crippen LogP contribution in [0.2, 0.25) is 5.02 Å². The van der Waals surface area contributed by atoms with E-state index in [1.54, 1.807) is 12.1 Å². The molecule has 0 saturated carbocycles. The summed E-state index contributed by atoms with van der Waals surface area (Å²) in [6.45, 7) is 2.07. The maximum Gasteiger partial charge on any atom is 0.307 e. The summed E-state index contributed by atoms with van der Waals surface area (Å²) in [6.07, 6.45) is 4.47. The van der Waals surface area contributed by atoms with Crippen molar-refractivity contribution in [2.75, 3.05) is 6.54 Å². The Morgan fingerprint density at radius 2 is 2.16 bits per heavy atom. The van der Waals surface area contributed by atoms with Gasteiger partial charge in [-0.2, -0.15) is 0 Å². The van der Waals surface area contributed by atoms with Gasteiger partial charge in [0.15, 0.2) is 0 Å². The van der Waals surface area contributed by atoms with Gasteiger partial charge in [-0.25, -0.2) is 0 Å². The standard InChI is InChI=1S/C14H16ClNO3/c1-10(17)16-7-3-2-4-11-5-6-12(9-14(18)19)13(15)8-11/h2,4-6,8H,3,7,9H2,1H3,(H,16,17)(H,18,19). The lowest BCUT2D eigenvalue weighted by atomic mass is 10.1. The number of aliphatic carboxylic acids is 1. The first kappa shape index (κ1) is 15.2. The summed E-state index contributed by atoms with van der Waals surface area (Å²) in [5.74, 6) is -0.949. The Kier molecular flexibility index (Phi) is 6.09. The molecule has 0 heterocycles. The topological polar surface area (TPSA) is 66.4 Å². The van der Waals surface area contributed by atoms with Gasteiger partial charge < -0.3 is 10.4 Å². The number of hydrogen-bond donors (Lipinski definition) is 2. The van der Waals surface area contributed by atoms with Gasteiger partial charge in [0.25, 0.3) is 0 Å². The van der Waals surface area contributed by atoms with Crippen molar-refractivity contribution in [3.8, 4) is 0 Å². The first-order chi connectivity index (χ1) is 8.99. The third kappa shape index (κ3) is 6.06. The van der Waals surface area contributed by atoms with E-state index in [1.807, 2.05) is 18.2 Å². The van der Waals surface area contributed by atoms with Crippen LogP contribution in [-0.4, -0.2) is 23.5 Å². The van der Waals surface area contributed by atoms with E-state index in [4.69, 9.17) is 16.7 Å². The fourth-order valence-corrected chi connectivity index (χ4v) is 1.78. The van der Waals surface area contributed by atoms with Gasteiger partial charge in [-0.05, 0) is 23.6 Å². The molecule has 1 rings (SSSR count). The Bertz CT molecular complexity index is 497. The average Bonchev–Trinajstić information content (AvgIpc) is 2.31. The summed E-state index contributed by atoms with van der Waals surface area (Å²) in [5.41, 5.74) is 1.51. The van der Waals surface area contributed by atoms with Crippen molar-refractivity contribution in [3.05, 3.63) is 40.4 Å². The Balaban J connectivity index is 2.55. The van der Waals surface area contributed by atoms with Crippen molar-refractivity contribution in [2.24, 2.45) is 0 Å². The van der Waals surface area contributed by atoms with E-state index in [-0.39, 0.29) is 12.3 Å². The van der Waals surface area contributed by atoms with Crippen LogP contribution in [0.15, 0.2) is 24.3 Å². The SMILES string of the molecule is CC(=O)NCCC=Cc1ccc(CC(=O)O)c(Cl)c1. The number of amides is 1. The Morgan fingerprint density at radius 1 is 1.42 bits per heavy atom. The van der Waals surface area contributed by atoms with Gasteiger partial charge in [-0.1, -0.05) is 35.9 Å². The Morgan fingerprint density at radius 3 is 2.74 bits per heavy atom. The number of nitrogens with one attached hydrogen (secondary N) is 1.